The molecule has 0 aliphatic heterocycles. The van der Waals surface area contributed by atoms with Gasteiger partial charge in [-0.1, -0.05) is 11.6 Å². The first-order chi connectivity index (χ1) is 6.88. The molecule has 4 nitrogen and oxygen atoms in total. The molecule has 0 aliphatic rings. The fraction of sp³-hybridized carbons (Fsp3) is 0.400. The van der Waals surface area contributed by atoms with Crippen molar-refractivity contribution in [3.63, 3.8) is 0 Å². The van der Waals surface area contributed by atoms with E-state index in [-0.39, 0.29) is 11.3 Å². The van der Waals surface area contributed by atoms with Gasteiger partial charge < -0.3 is 10.1 Å². The fourth-order valence-electron chi connectivity index (χ4n) is 0.870. The number of amides is 1. The zero-order valence-electron chi connectivity index (χ0n) is 8.87. The van der Waals surface area contributed by atoms with Crippen LogP contribution in [0, 0.1) is 0 Å². The highest BCUT2D eigenvalue weighted by Crippen LogP contribution is 2.21. The van der Waals surface area contributed by atoms with Gasteiger partial charge in [-0.15, -0.1) is 0 Å². The van der Waals surface area contributed by atoms with Gasteiger partial charge in [-0.3, -0.25) is 4.98 Å². The van der Waals surface area contributed by atoms with Crippen LogP contribution in [0.3, 0.4) is 0 Å². The summed E-state index contributed by atoms with van der Waals surface area (Å²) >= 11 is 5.79. The molecule has 1 rings (SSSR count). The van der Waals surface area contributed by atoms with Crippen molar-refractivity contribution in [2.45, 2.75) is 26.3 Å². The van der Waals surface area contributed by atoms with E-state index in [0.29, 0.717) is 5.02 Å². The Balaban J connectivity index is 2.64. The molecular formula is C10H13ClN2O2. The first-order valence-corrected chi connectivity index (χ1v) is 4.86. The number of hydrogen-bond acceptors (Lipinski definition) is 3. The molecule has 0 spiro atoms. The number of aromatic nitrogens is 1. The van der Waals surface area contributed by atoms with Crippen molar-refractivity contribution < 1.29 is 9.53 Å². The molecule has 0 saturated heterocycles. The molecule has 0 saturated carbocycles. The van der Waals surface area contributed by atoms with E-state index in [9.17, 15) is 4.79 Å². The van der Waals surface area contributed by atoms with Crippen molar-refractivity contribution >= 4 is 17.7 Å². The molecule has 0 aromatic carbocycles. The summed E-state index contributed by atoms with van der Waals surface area (Å²) in [5, 5.41) is 3.00. The SMILES string of the molecule is CC(C)(C)NC(=O)Oc1cnccc1Cl. The second-order valence-electron chi connectivity index (χ2n) is 4.07. The first-order valence-electron chi connectivity index (χ1n) is 4.48. The van der Waals surface area contributed by atoms with Crippen molar-refractivity contribution in [2.75, 3.05) is 0 Å². The Morgan fingerprint density at radius 2 is 2.20 bits per heavy atom. The predicted molar refractivity (Wildman–Crippen MR) is 58.2 cm³/mol. The van der Waals surface area contributed by atoms with E-state index < -0.39 is 6.09 Å². The van der Waals surface area contributed by atoms with Gasteiger partial charge in [0.2, 0.25) is 0 Å². The maximum absolute atomic E-state index is 11.4. The molecule has 0 radical (unpaired) electrons. The van der Waals surface area contributed by atoms with E-state index in [1.54, 1.807) is 6.07 Å². The number of nitrogens with one attached hydrogen (secondary N) is 1. The van der Waals surface area contributed by atoms with Crippen LogP contribution in [-0.2, 0) is 0 Å². The minimum Gasteiger partial charge on any atom is -0.407 e. The molecule has 15 heavy (non-hydrogen) atoms. The monoisotopic (exact) mass is 228 g/mol. The molecule has 82 valence electrons. The maximum atomic E-state index is 11.4. The van der Waals surface area contributed by atoms with Gasteiger partial charge in [0.25, 0.3) is 0 Å². The van der Waals surface area contributed by atoms with Gasteiger partial charge in [0, 0.05) is 11.7 Å². The highest BCUT2D eigenvalue weighted by atomic mass is 35.5. The van der Waals surface area contributed by atoms with E-state index >= 15 is 0 Å². The largest absolute Gasteiger partial charge is 0.413 e. The quantitative estimate of drug-likeness (QED) is 0.804. The molecule has 0 bridgehead atoms. The third kappa shape index (κ3) is 4.16. The van der Waals surface area contributed by atoms with E-state index in [2.05, 4.69) is 10.3 Å². The Bertz CT molecular complexity index is 361. The Morgan fingerprint density at radius 3 is 2.73 bits per heavy atom. The van der Waals surface area contributed by atoms with Crippen LogP contribution in [0.4, 0.5) is 4.79 Å². The second-order valence-corrected chi connectivity index (χ2v) is 4.48. The molecule has 1 amide bonds. The number of hydrogen-bond donors (Lipinski definition) is 1. The van der Waals surface area contributed by atoms with Gasteiger partial charge in [-0.05, 0) is 26.8 Å². The lowest BCUT2D eigenvalue weighted by molar-refractivity contribution is 0.190. The number of carbonyl (C=O) groups excluding carboxylic acids is 1. The summed E-state index contributed by atoms with van der Waals surface area (Å²) in [5.74, 6) is 0.251. The van der Waals surface area contributed by atoms with E-state index in [1.165, 1.54) is 12.4 Å². The molecule has 0 aliphatic carbocycles. The van der Waals surface area contributed by atoms with Crippen LogP contribution in [0.1, 0.15) is 20.8 Å². The minimum atomic E-state index is -0.544. The fourth-order valence-corrected chi connectivity index (χ4v) is 1.01. The molecule has 0 unspecified atom stereocenters. The van der Waals surface area contributed by atoms with Crippen LogP contribution in [-0.4, -0.2) is 16.6 Å². The summed E-state index contributed by atoms with van der Waals surface area (Å²) in [6, 6.07) is 1.56. The van der Waals surface area contributed by atoms with Crippen LogP contribution in [0.5, 0.6) is 5.75 Å². The molecule has 0 atom stereocenters. The van der Waals surface area contributed by atoms with Crippen molar-refractivity contribution in [3.05, 3.63) is 23.5 Å². The number of nitrogens with zero attached hydrogens (tertiary/aromatic N) is 1. The number of rotatable bonds is 1. The molecular weight excluding hydrogens is 216 g/mol. The van der Waals surface area contributed by atoms with Crippen LogP contribution in [0.15, 0.2) is 18.5 Å². The van der Waals surface area contributed by atoms with Crippen LogP contribution in [0.2, 0.25) is 5.02 Å². The maximum Gasteiger partial charge on any atom is 0.413 e. The Labute approximate surface area is 93.6 Å². The smallest absolute Gasteiger partial charge is 0.407 e. The average molecular weight is 229 g/mol. The van der Waals surface area contributed by atoms with Crippen LogP contribution >= 0.6 is 11.6 Å². The Hall–Kier alpha value is -1.29. The van der Waals surface area contributed by atoms with E-state index in [1.807, 2.05) is 20.8 Å². The lowest BCUT2D eigenvalue weighted by Crippen LogP contribution is -2.42. The van der Waals surface area contributed by atoms with Crippen LogP contribution < -0.4 is 10.1 Å². The summed E-state index contributed by atoms with van der Waals surface area (Å²) in [4.78, 5) is 15.2. The summed E-state index contributed by atoms with van der Waals surface area (Å²) < 4.78 is 4.98. The lowest BCUT2D eigenvalue weighted by atomic mass is 10.1. The topological polar surface area (TPSA) is 51.2 Å². The Kier molecular flexibility index (Phi) is 3.52. The number of carbonyl (C=O) groups is 1. The molecule has 1 heterocycles. The highest BCUT2D eigenvalue weighted by molar-refractivity contribution is 6.32. The van der Waals surface area contributed by atoms with Crippen molar-refractivity contribution in [2.24, 2.45) is 0 Å². The standard InChI is InChI=1S/C10H13ClN2O2/c1-10(2,3)13-9(14)15-8-6-12-5-4-7(8)11/h4-6H,1-3H3,(H,13,14). The van der Waals surface area contributed by atoms with Gasteiger partial charge in [0.15, 0.2) is 5.75 Å². The van der Waals surface area contributed by atoms with Gasteiger partial charge in [0.1, 0.15) is 0 Å². The zero-order chi connectivity index (χ0) is 11.5. The number of ether oxygens (including phenoxy) is 1. The predicted octanol–water partition coefficient (Wildman–Crippen LogP) is 2.62. The zero-order valence-corrected chi connectivity index (χ0v) is 9.63. The van der Waals surface area contributed by atoms with Crippen molar-refractivity contribution in [3.8, 4) is 5.75 Å². The first kappa shape index (κ1) is 11.8. The highest BCUT2D eigenvalue weighted by Gasteiger charge is 2.16. The molecule has 0 fully saturated rings. The normalized spacial score (nSPS) is 10.9. The van der Waals surface area contributed by atoms with Crippen molar-refractivity contribution in [1.29, 1.82) is 0 Å². The summed E-state index contributed by atoms with van der Waals surface area (Å²) in [6.07, 6.45) is 2.37. The van der Waals surface area contributed by atoms with Crippen LogP contribution in [0.25, 0.3) is 0 Å². The summed E-state index contributed by atoms with van der Waals surface area (Å²) in [6.45, 7) is 5.58. The number of halogens is 1. The lowest BCUT2D eigenvalue weighted by Gasteiger charge is -2.19. The van der Waals surface area contributed by atoms with E-state index in [4.69, 9.17) is 16.3 Å². The van der Waals surface area contributed by atoms with Gasteiger partial charge in [-0.2, -0.15) is 0 Å². The second kappa shape index (κ2) is 4.49. The average Bonchev–Trinajstić information content (AvgIpc) is 2.05. The van der Waals surface area contributed by atoms with Gasteiger partial charge >= 0.3 is 6.09 Å². The third-order valence-corrected chi connectivity index (χ3v) is 1.73. The summed E-state index contributed by atoms with van der Waals surface area (Å²) in [7, 11) is 0. The van der Waals surface area contributed by atoms with E-state index in [0.717, 1.165) is 0 Å². The molecule has 1 aromatic rings. The Morgan fingerprint density at radius 1 is 1.53 bits per heavy atom. The molecule has 1 N–H and O–H groups in total. The molecule has 5 heteroatoms. The summed E-state index contributed by atoms with van der Waals surface area (Å²) in [5.41, 5.74) is -0.341. The van der Waals surface area contributed by atoms with Crippen molar-refractivity contribution in [1.82, 2.24) is 10.3 Å². The third-order valence-electron chi connectivity index (χ3n) is 1.41. The molecule has 1 aromatic heterocycles. The van der Waals surface area contributed by atoms with Gasteiger partial charge in [0.05, 0.1) is 11.2 Å². The number of pyridine rings is 1. The minimum absolute atomic E-state index is 0.251. The van der Waals surface area contributed by atoms with Gasteiger partial charge in [-0.25, -0.2) is 4.79 Å².